The number of aliphatic hydroxyl groups excluding tert-OH is 1. The molecule has 1 saturated carbocycles. The topological polar surface area (TPSA) is 81.8 Å². The second-order valence-corrected chi connectivity index (χ2v) is 9.34. The van der Waals surface area contributed by atoms with Crippen LogP contribution in [0.4, 0.5) is 4.79 Å². The number of benzene rings is 1. The number of carbonyl (C=O) groups excluding carboxylic acids is 1. The van der Waals surface area contributed by atoms with E-state index in [1.165, 1.54) is 17.5 Å². The van der Waals surface area contributed by atoms with Gasteiger partial charge in [0.2, 0.25) is 0 Å². The summed E-state index contributed by atoms with van der Waals surface area (Å²) < 4.78 is 2.17. The molecule has 1 aromatic carbocycles. The third kappa shape index (κ3) is 3.85. The Morgan fingerprint density at radius 2 is 1.87 bits per heavy atom. The molecule has 5 rings (SSSR count). The van der Waals surface area contributed by atoms with E-state index in [1.807, 2.05) is 18.6 Å². The number of rotatable bonds is 4. The number of likely N-dealkylation sites (tertiary alicyclic amines) is 1. The maximum Gasteiger partial charge on any atom is 0.343 e. The van der Waals surface area contributed by atoms with Gasteiger partial charge >= 0.3 is 6.03 Å². The lowest BCUT2D eigenvalue weighted by atomic mass is 9.86. The number of carbonyl (C=O) groups is 1. The molecule has 1 aliphatic carbocycles. The molecule has 31 heavy (non-hydrogen) atoms. The molecule has 2 atom stereocenters. The van der Waals surface area contributed by atoms with Crippen molar-refractivity contribution < 1.29 is 15.1 Å². The molecule has 7 nitrogen and oxygen atoms in total. The normalized spacial score (nSPS) is 22.8. The molecule has 166 valence electrons. The van der Waals surface area contributed by atoms with E-state index in [0.29, 0.717) is 19.5 Å². The third-order valence-corrected chi connectivity index (χ3v) is 7.53. The number of imidazole rings is 1. The van der Waals surface area contributed by atoms with Crippen LogP contribution in [0, 0.1) is 5.92 Å². The first kappa shape index (κ1) is 20.5. The lowest BCUT2D eigenvalue weighted by Crippen LogP contribution is -2.50. The van der Waals surface area contributed by atoms with Crippen molar-refractivity contribution in [2.24, 2.45) is 5.92 Å². The summed E-state index contributed by atoms with van der Waals surface area (Å²) in [5.74, 6) is 0.158. The number of hydrogen-bond donors (Lipinski definition) is 2. The Balaban J connectivity index is 1.18. The Morgan fingerprint density at radius 1 is 1.13 bits per heavy atom. The van der Waals surface area contributed by atoms with Gasteiger partial charge in [-0.2, -0.15) is 0 Å². The summed E-state index contributed by atoms with van der Waals surface area (Å²) in [5.41, 5.74) is 3.55. The van der Waals surface area contributed by atoms with E-state index in [2.05, 4.69) is 27.8 Å². The predicted molar refractivity (Wildman–Crippen MR) is 117 cm³/mol. The fourth-order valence-corrected chi connectivity index (χ4v) is 5.70. The number of amides is 2. The average molecular weight is 425 g/mol. The maximum atomic E-state index is 12.7. The van der Waals surface area contributed by atoms with Gasteiger partial charge in [0.1, 0.15) is 0 Å². The van der Waals surface area contributed by atoms with Crippen LogP contribution in [0.3, 0.4) is 0 Å². The zero-order valence-corrected chi connectivity index (χ0v) is 17.9. The first-order valence-corrected chi connectivity index (χ1v) is 11.7. The van der Waals surface area contributed by atoms with Crippen LogP contribution in [0.1, 0.15) is 63.0 Å². The van der Waals surface area contributed by atoms with Crippen LogP contribution in [-0.4, -0.2) is 61.1 Å². The second-order valence-electron chi connectivity index (χ2n) is 9.34. The van der Waals surface area contributed by atoms with Gasteiger partial charge in [0, 0.05) is 18.7 Å². The van der Waals surface area contributed by atoms with Gasteiger partial charge in [0.05, 0.1) is 36.4 Å². The molecule has 0 bridgehead atoms. The van der Waals surface area contributed by atoms with Crippen molar-refractivity contribution in [2.45, 2.75) is 69.6 Å². The van der Waals surface area contributed by atoms with Crippen LogP contribution in [-0.2, 0) is 0 Å². The Morgan fingerprint density at radius 3 is 2.65 bits per heavy atom. The Labute approximate surface area is 183 Å². The van der Waals surface area contributed by atoms with Crippen molar-refractivity contribution >= 4 is 6.03 Å². The van der Waals surface area contributed by atoms with Crippen molar-refractivity contribution in [3.8, 4) is 11.3 Å². The van der Waals surface area contributed by atoms with Crippen LogP contribution in [0.15, 0.2) is 36.8 Å². The van der Waals surface area contributed by atoms with Crippen LogP contribution < -0.4 is 0 Å². The highest BCUT2D eigenvalue weighted by Crippen LogP contribution is 2.42. The Kier molecular flexibility index (Phi) is 5.71. The fourth-order valence-electron chi connectivity index (χ4n) is 5.70. The van der Waals surface area contributed by atoms with Gasteiger partial charge in [-0.3, -0.25) is 5.21 Å². The summed E-state index contributed by atoms with van der Waals surface area (Å²) in [6.07, 6.45) is 10.6. The van der Waals surface area contributed by atoms with Gasteiger partial charge in [-0.25, -0.2) is 14.8 Å². The minimum Gasteiger partial charge on any atom is -0.393 e. The first-order valence-electron chi connectivity index (χ1n) is 11.7. The molecular weight excluding hydrogens is 392 g/mol. The maximum absolute atomic E-state index is 12.7. The molecule has 1 aromatic heterocycles. The zero-order chi connectivity index (χ0) is 21.4. The number of nitrogens with zero attached hydrogens (tertiary/aromatic N) is 4. The number of piperidine rings is 1. The van der Waals surface area contributed by atoms with E-state index in [-0.39, 0.29) is 24.0 Å². The van der Waals surface area contributed by atoms with Gasteiger partial charge in [-0.05, 0) is 43.6 Å². The molecule has 0 spiro atoms. The highest BCUT2D eigenvalue weighted by Gasteiger charge is 2.35. The predicted octanol–water partition coefficient (Wildman–Crippen LogP) is 4.06. The lowest BCUT2D eigenvalue weighted by Gasteiger charge is -2.38. The molecule has 1 saturated heterocycles. The van der Waals surface area contributed by atoms with Crippen LogP contribution in [0.25, 0.3) is 11.3 Å². The van der Waals surface area contributed by atoms with E-state index >= 15 is 0 Å². The summed E-state index contributed by atoms with van der Waals surface area (Å²) in [7, 11) is 0. The molecule has 2 amide bonds. The highest BCUT2D eigenvalue weighted by atomic mass is 16.5. The quantitative estimate of drug-likeness (QED) is 0.573. The smallest absolute Gasteiger partial charge is 0.343 e. The van der Waals surface area contributed by atoms with Crippen molar-refractivity contribution in [3.63, 3.8) is 0 Å². The molecule has 7 heteroatoms. The molecule has 3 aliphatic rings. The van der Waals surface area contributed by atoms with Crippen LogP contribution in [0.2, 0.25) is 0 Å². The average Bonchev–Trinajstić information content (AvgIpc) is 3.41. The summed E-state index contributed by atoms with van der Waals surface area (Å²) in [5, 5.41) is 22.5. The summed E-state index contributed by atoms with van der Waals surface area (Å²) in [6, 6.07) is 8.13. The number of hydrogen-bond acceptors (Lipinski definition) is 4. The SMILES string of the molecule is O=C(N1CCC(C(O)CC2c3ccccc3-c3cncn32)CC1)N(O)C1CCCCC1. The van der Waals surface area contributed by atoms with E-state index in [4.69, 9.17) is 0 Å². The summed E-state index contributed by atoms with van der Waals surface area (Å²) in [4.78, 5) is 18.8. The van der Waals surface area contributed by atoms with Crippen molar-refractivity contribution in [1.82, 2.24) is 19.5 Å². The molecule has 2 aromatic rings. The van der Waals surface area contributed by atoms with Gasteiger partial charge < -0.3 is 14.6 Å². The van der Waals surface area contributed by atoms with Gasteiger partial charge in [-0.15, -0.1) is 0 Å². The molecular formula is C24H32N4O3. The lowest BCUT2D eigenvalue weighted by molar-refractivity contribution is -0.101. The van der Waals surface area contributed by atoms with Crippen molar-refractivity contribution in [3.05, 3.63) is 42.4 Å². The number of aliphatic hydroxyl groups is 1. The largest absolute Gasteiger partial charge is 0.393 e. The number of hydroxylamine groups is 2. The van der Waals surface area contributed by atoms with Crippen LogP contribution in [0.5, 0.6) is 0 Å². The van der Waals surface area contributed by atoms with Crippen molar-refractivity contribution in [1.29, 1.82) is 0 Å². The van der Waals surface area contributed by atoms with Crippen molar-refractivity contribution in [2.75, 3.05) is 13.1 Å². The number of urea groups is 1. The second kappa shape index (κ2) is 8.63. The Hall–Kier alpha value is -2.38. The van der Waals surface area contributed by atoms with Gasteiger partial charge in [-0.1, -0.05) is 43.5 Å². The summed E-state index contributed by atoms with van der Waals surface area (Å²) >= 11 is 0. The third-order valence-electron chi connectivity index (χ3n) is 7.53. The standard InChI is InChI=1S/C24H32N4O3/c29-23(14-21-19-8-4-5-9-20(19)22-15-25-16-27(21)22)17-10-12-26(13-11-17)24(30)28(31)18-6-2-1-3-7-18/h4-5,8-9,15-18,21,23,29,31H,1-3,6-7,10-14H2. The molecule has 0 radical (unpaired) electrons. The fraction of sp³-hybridized carbons (Fsp3) is 0.583. The molecule has 3 heterocycles. The molecule has 2 aliphatic heterocycles. The monoisotopic (exact) mass is 424 g/mol. The molecule has 2 unspecified atom stereocenters. The minimum absolute atomic E-state index is 0.0450. The van der Waals surface area contributed by atoms with E-state index in [9.17, 15) is 15.1 Å². The zero-order valence-electron chi connectivity index (χ0n) is 17.9. The number of aromatic nitrogens is 2. The van der Waals surface area contributed by atoms with Gasteiger partial charge in [0.25, 0.3) is 0 Å². The van der Waals surface area contributed by atoms with E-state index < -0.39 is 6.10 Å². The van der Waals surface area contributed by atoms with Gasteiger partial charge in [0.15, 0.2) is 0 Å². The van der Waals surface area contributed by atoms with E-state index in [0.717, 1.165) is 49.3 Å². The first-order chi connectivity index (χ1) is 15.1. The van der Waals surface area contributed by atoms with E-state index in [1.54, 1.807) is 4.90 Å². The Bertz CT molecular complexity index is 915. The minimum atomic E-state index is -0.438. The number of fused-ring (bicyclic) bond motifs is 3. The summed E-state index contributed by atoms with van der Waals surface area (Å²) in [6.45, 7) is 1.17. The molecule has 2 N–H and O–H groups in total. The molecule has 2 fully saturated rings. The highest BCUT2D eigenvalue weighted by molar-refractivity contribution is 5.73. The van der Waals surface area contributed by atoms with Crippen LogP contribution >= 0.6 is 0 Å².